The predicted molar refractivity (Wildman–Crippen MR) is 109 cm³/mol. The van der Waals surface area contributed by atoms with Crippen molar-refractivity contribution in [3.63, 3.8) is 0 Å². The van der Waals surface area contributed by atoms with Crippen molar-refractivity contribution in [3.8, 4) is 10.4 Å². The lowest BCUT2D eigenvalue weighted by Gasteiger charge is -2.16. The van der Waals surface area contributed by atoms with E-state index in [2.05, 4.69) is 29.6 Å². The quantitative estimate of drug-likeness (QED) is 0.591. The summed E-state index contributed by atoms with van der Waals surface area (Å²) in [6.45, 7) is 4.44. The summed E-state index contributed by atoms with van der Waals surface area (Å²) in [7, 11) is 0. The van der Waals surface area contributed by atoms with E-state index in [1.807, 2.05) is 32.0 Å². The van der Waals surface area contributed by atoms with E-state index < -0.39 is 0 Å². The fraction of sp³-hybridized carbons (Fsp3) is 0.190. The van der Waals surface area contributed by atoms with Gasteiger partial charge in [0.05, 0.1) is 6.04 Å². The number of anilines is 1. The van der Waals surface area contributed by atoms with E-state index in [0.29, 0.717) is 17.8 Å². The molecule has 0 aliphatic rings. The monoisotopic (exact) mass is 365 g/mol. The van der Waals surface area contributed by atoms with Crippen molar-refractivity contribution >= 4 is 22.9 Å². The van der Waals surface area contributed by atoms with Gasteiger partial charge in [-0.3, -0.25) is 4.79 Å². The molecule has 2 aromatic carbocycles. The van der Waals surface area contributed by atoms with Crippen LogP contribution in [0.1, 0.15) is 39.3 Å². The third-order valence-electron chi connectivity index (χ3n) is 4.39. The molecule has 1 heterocycles. The zero-order chi connectivity index (χ0) is 18.7. The Balaban J connectivity index is 1.79. The van der Waals surface area contributed by atoms with Crippen molar-refractivity contribution in [1.82, 2.24) is 5.32 Å². The van der Waals surface area contributed by atoms with Gasteiger partial charge in [-0.1, -0.05) is 24.3 Å². The van der Waals surface area contributed by atoms with Gasteiger partial charge in [-0.05, 0) is 60.9 Å². The number of amides is 1. The van der Waals surface area contributed by atoms with Crippen LogP contribution < -0.4 is 16.8 Å². The van der Waals surface area contributed by atoms with Crippen LogP contribution in [0.5, 0.6) is 0 Å². The Morgan fingerprint density at radius 3 is 2.69 bits per heavy atom. The summed E-state index contributed by atoms with van der Waals surface area (Å²) < 4.78 is 0. The Morgan fingerprint density at radius 1 is 1.15 bits per heavy atom. The van der Waals surface area contributed by atoms with Gasteiger partial charge in [0.25, 0.3) is 5.91 Å². The molecule has 134 valence electrons. The summed E-state index contributed by atoms with van der Waals surface area (Å²) in [5.74, 6) is -0.116. The normalized spacial score (nSPS) is 12.0. The van der Waals surface area contributed by atoms with Crippen LogP contribution in [0.4, 0.5) is 5.69 Å². The molecule has 0 fully saturated rings. The first kappa shape index (κ1) is 18.2. The van der Waals surface area contributed by atoms with E-state index in [0.717, 1.165) is 21.6 Å². The Labute approximate surface area is 157 Å². The number of nitrogens with two attached hydrogens (primary N) is 2. The molecule has 5 heteroatoms. The van der Waals surface area contributed by atoms with Gasteiger partial charge < -0.3 is 16.8 Å². The Morgan fingerprint density at radius 2 is 1.96 bits per heavy atom. The second-order valence-electron chi connectivity index (χ2n) is 6.37. The standard InChI is InChI=1S/C21H23N3OS/c1-13-6-7-17(23)11-19(13)21(25)24-14(2)15-4-3-5-16(10-15)20-9-8-18(12-22)26-20/h3-11,14H,12,22-23H2,1-2H3,(H,24,25)/t14-/m1/s1. The number of hydrogen-bond acceptors (Lipinski definition) is 4. The fourth-order valence-electron chi connectivity index (χ4n) is 2.85. The number of aryl methyl sites for hydroxylation is 1. The number of nitrogens with one attached hydrogen (secondary N) is 1. The number of rotatable bonds is 5. The molecule has 26 heavy (non-hydrogen) atoms. The van der Waals surface area contributed by atoms with E-state index in [1.165, 1.54) is 4.88 Å². The summed E-state index contributed by atoms with van der Waals surface area (Å²) in [6, 6.07) is 17.6. The Kier molecular flexibility index (Phi) is 5.40. The summed E-state index contributed by atoms with van der Waals surface area (Å²) in [5, 5.41) is 3.06. The lowest BCUT2D eigenvalue weighted by molar-refractivity contribution is 0.0939. The van der Waals surface area contributed by atoms with Crippen LogP contribution in [0.2, 0.25) is 0 Å². The van der Waals surface area contributed by atoms with Gasteiger partial charge in [-0.2, -0.15) is 0 Å². The Bertz CT molecular complexity index is 933. The number of carbonyl (C=O) groups excluding carboxylic acids is 1. The van der Waals surface area contributed by atoms with Crippen molar-refractivity contribution in [2.75, 3.05) is 5.73 Å². The highest BCUT2D eigenvalue weighted by molar-refractivity contribution is 7.15. The van der Waals surface area contributed by atoms with Crippen LogP contribution in [0.15, 0.2) is 54.6 Å². The van der Waals surface area contributed by atoms with Crippen molar-refractivity contribution < 1.29 is 4.79 Å². The lowest BCUT2D eigenvalue weighted by atomic mass is 10.0. The van der Waals surface area contributed by atoms with Crippen LogP contribution >= 0.6 is 11.3 Å². The van der Waals surface area contributed by atoms with Crippen molar-refractivity contribution in [2.24, 2.45) is 5.73 Å². The minimum atomic E-state index is -0.116. The summed E-state index contributed by atoms with van der Waals surface area (Å²) in [4.78, 5) is 15.0. The average Bonchev–Trinajstić information content (AvgIpc) is 3.13. The molecule has 0 spiro atoms. The average molecular weight is 366 g/mol. The first-order valence-corrected chi connectivity index (χ1v) is 9.35. The summed E-state index contributed by atoms with van der Waals surface area (Å²) in [5.41, 5.74) is 15.8. The molecular formula is C21H23N3OS. The maximum atomic E-state index is 12.6. The van der Waals surface area contributed by atoms with Crippen LogP contribution in [0, 0.1) is 6.92 Å². The van der Waals surface area contributed by atoms with Crippen LogP contribution in [-0.4, -0.2) is 5.91 Å². The van der Waals surface area contributed by atoms with E-state index in [-0.39, 0.29) is 11.9 Å². The topological polar surface area (TPSA) is 81.1 Å². The molecule has 3 rings (SSSR count). The zero-order valence-corrected chi connectivity index (χ0v) is 15.8. The fourth-order valence-corrected chi connectivity index (χ4v) is 3.73. The van der Waals surface area contributed by atoms with E-state index in [9.17, 15) is 4.79 Å². The highest BCUT2D eigenvalue weighted by atomic mass is 32.1. The molecule has 1 aromatic heterocycles. The minimum absolute atomic E-state index is 0.114. The molecule has 5 N–H and O–H groups in total. The van der Waals surface area contributed by atoms with Gasteiger partial charge in [-0.25, -0.2) is 0 Å². The van der Waals surface area contributed by atoms with Crippen LogP contribution in [-0.2, 0) is 6.54 Å². The number of carbonyl (C=O) groups is 1. The predicted octanol–water partition coefficient (Wildman–Crippen LogP) is 4.26. The van der Waals surface area contributed by atoms with Gasteiger partial charge in [0, 0.05) is 27.5 Å². The second kappa shape index (κ2) is 7.72. The van der Waals surface area contributed by atoms with Crippen molar-refractivity contribution in [3.05, 3.63) is 76.2 Å². The molecule has 3 aromatic rings. The molecule has 0 aliphatic heterocycles. The Hall–Kier alpha value is -2.63. The van der Waals surface area contributed by atoms with Gasteiger partial charge >= 0.3 is 0 Å². The van der Waals surface area contributed by atoms with Gasteiger partial charge in [0.15, 0.2) is 0 Å². The van der Waals surface area contributed by atoms with Crippen molar-refractivity contribution in [1.29, 1.82) is 0 Å². The maximum Gasteiger partial charge on any atom is 0.252 e. The van der Waals surface area contributed by atoms with Gasteiger partial charge in [-0.15, -0.1) is 11.3 Å². The zero-order valence-electron chi connectivity index (χ0n) is 15.0. The first-order chi connectivity index (χ1) is 12.5. The largest absolute Gasteiger partial charge is 0.399 e. The number of thiophene rings is 1. The number of hydrogen-bond donors (Lipinski definition) is 3. The smallest absolute Gasteiger partial charge is 0.252 e. The van der Waals surface area contributed by atoms with E-state index in [4.69, 9.17) is 11.5 Å². The lowest BCUT2D eigenvalue weighted by Crippen LogP contribution is -2.27. The minimum Gasteiger partial charge on any atom is -0.399 e. The highest BCUT2D eigenvalue weighted by Gasteiger charge is 2.14. The van der Waals surface area contributed by atoms with E-state index in [1.54, 1.807) is 23.5 Å². The first-order valence-electron chi connectivity index (χ1n) is 8.54. The molecule has 0 saturated carbocycles. The SMILES string of the molecule is Cc1ccc(N)cc1C(=O)N[C@H](C)c1cccc(-c2ccc(CN)s2)c1. The van der Waals surface area contributed by atoms with Gasteiger partial charge in [0.2, 0.25) is 0 Å². The maximum absolute atomic E-state index is 12.6. The molecule has 4 nitrogen and oxygen atoms in total. The molecule has 1 atom stereocenters. The molecule has 1 amide bonds. The van der Waals surface area contributed by atoms with Crippen LogP contribution in [0.3, 0.4) is 0 Å². The highest BCUT2D eigenvalue weighted by Crippen LogP contribution is 2.29. The van der Waals surface area contributed by atoms with Crippen LogP contribution in [0.25, 0.3) is 10.4 Å². The second-order valence-corrected chi connectivity index (χ2v) is 7.53. The molecule has 0 aliphatic carbocycles. The third-order valence-corrected chi connectivity index (χ3v) is 5.54. The summed E-state index contributed by atoms with van der Waals surface area (Å²) in [6.07, 6.45) is 0. The molecular weight excluding hydrogens is 342 g/mol. The molecule has 0 unspecified atom stereocenters. The third kappa shape index (κ3) is 3.95. The number of benzene rings is 2. The number of nitrogen functional groups attached to an aromatic ring is 1. The van der Waals surface area contributed by atoms with Gasteiger partial charge in [0.1, 0.15) is 0 Å². The molecule has 0 bridgehead atoms. The molecule has 0 saturated heterocycles. The van der Waals surface area contributed by atoms with E-state index >= 15 is 0 Å². The molecule has 0 radical (unpaired) electrons. The summed E-state index contributed by atoms with van der Waals surface area (Å²) >= 11 is 1.69. The van der Waals surface area contributed by atoms with Crippen molar-refractivity contribution in [2.45, 2.75) is 26.4 Å².